The Morgan fingerprint density at radius 3 is 2.58 bits per heavy atom. The fourth-order valence-electron chi connectivity index (χ4n) is 1.63. The Morgan fingerprint density at radius 1 is 1.26 bits per heavy atom. The van der Waals surface area contributed by atoms with Gasteiger partial charge in [0.15, 0.2) is 11.9 Å². The molecule has 0 aliphatic heterocycles. The molecule has 0 bridgehead atoms. The van der Waals surface area contributed by atoms with Gasteiger partial charge in [-0.1, -0.05) is 26.0 Å². The summed E-state index contributed by atoms with van der Waals surface area (Å²) < 4.78 is 5.59. The molecule has 1 atom stereocenters. The van der Waals surface area contributed by atoms with Crippen LogP contribution in [0.4, 0.5) is 0 Å². The molecule has 0 fully saturated rings. The topological polar surface area (TPSA) is 55.4 Å². The van der Waals surface area contributed by atoms with Gasteiger partial charge >= 0.3 is 0 Å². The lowest BCUT2D eigenvalue weighted by molar-refractivity contribution is -0.127. The zero-order chi connectivity index (χ0) is 14.3. The van der Waals surface area contributed by atoms with E-state index in [2.05, 4.69) is 5.32 Å². The highest BCUT2D eigenvalue weighted by molar-refractivity contribution is 5.98. The molecule has 0 radical (unpaired) electrons. The number of rotatable bonds is 7. The predicted octanol–water partition coefficient (Wildman–Crippen LogP) is 2.57. The first kappa shape index (κ1) is 15.2. The van der Waals surface area contributed by atoms with Gasteiger partial charge in [-0.15, -0.1) is 0 Å². The number of Topliss-reactive ketones (excluding diaryl/α,β-unsaturated/α-hetero) is 1. The molecule has 4 nitrogen and oxygen atoms in total. The van der Waals surface area contributed by atoms with E-state index < -0.39 is 6.10 Å². The molecule has 104 valence electrons. The van der Waals surface area contributed by atoms with Gasteiger partial charge < -0.3 is 10.1 Å². The second-order valence-corrected chi connectivity index (χ2v) is 4.32. The normalized spacial score (nSPS) is 11.7. The summed E-state index contributed by atoms with van der Waals surface area (Å²) in [6.07, 6.45) is 0.678. The van der Waals surface area contributed by atoms with Crippen LogP contribution in [0.15, 0.2) is 24.3 Å². The maximum Gasteiger partial charge on any atom is 0.260 e. The van der Waals surface area contributed by atoms with Gasteiger partial charge in [0.25, 0.3) is 5.91 Å². The number of carbonyl (C=O) groups excluding carboxylic acids is 2. The molecule has 1 rings (SSSR count). The predicted molar refractivity (Wildman–Crippen MR) is 74.5 cm³/mol. The summed E-state index contributed by atoms with van der Waals surface area (Å²) in [5.41, 5.74) is 0.528. The number of benzene rings is 1. The average Bonchev–Trinajstić information content (AvgIpc) is 2.44. The van der Waals surface area contributed by atoms with Crippen LogP contribution < -0.4 is 10.1 Å². The van der Waals surface area contributed by atoms with Crippen molar-refractivity contribution in [3.63, 3.8) is 0 Å². The lowest BCUT2D eigenvalue weighted by atomic mass is 10.1. The second-order valence-electron chi connectivity index (χ2n) is 4.32. The summed E-state index contributed by atoms with van der Waals surface area (Å²) in [7, 11) is 0. The molecule has 1 amide bonds. The third-order valence-electron chi connectivity index (χ3n) is 2.73. The van der Waals surface area contributed by atoms with Crippen LogP contribution in [0.5, 0.6) is 5.75 Å². The van der Waals surface area contributed by atoms with Crippen LogP contribution in [-0.4, -0.2) is 24.3 Å². The molecule has 0 aliphatic carbocycles. The Morgan fingerprint density at radius 2 is 1.95 bits per heavy atom. The van der Waals surface area contributed by atoms with Gasteiger partial charge in [0, 0.05) is 13.0 Å². The minimum absolute atomic E-state index is 0.0109. The summed E-state index contributed by atoms with van der Waals surface area (Å²) in [4.78, 5) is 23.5. The zero-order valence-electron chi connectivity index (χ0n) is 11.7. The van der Waals surface area contributed by atoms with Crippen LogP contribution in [0.3, 0.4) is 0 Å². The first-order valence-corrected chi connectivity index (χ1v) is 6.66. The molecule has 19 heavy (non-hydrogen) atoms. The van der Waals surface area contributed by atoms with Crippen LogP contribution >= 0.6 is 0 Å². The molecule has 0 aliphatic rings. The molecular weight excluding hydrogens is 242 g/mol. The van der Waals surface area contributed by atoms with E-state index >= 15 is 0 Å². The number of hydrogen-bond donors (Lipinski definition) is 1. The molecule has 0 aromatic heterocycles. The van der Waals surface area contributed by atoms with Crippen LogP contribution in [0.25, 0.3) is 0 Å². The number of ether oxygens (including phenoxy) is 1. The summed E-state index contributed by atoms with van der Waals surface area (Å²) >= 11 is 0. The summed E-state index contributed by atoms with van der Waals surface area (Å²) in [6.45, 7) is 6.10. The van der Waals surface area contributed by atoms with Crippen molar-refractivity contribution < 1.29 is 14.3 Å². The number of nitrogens with one attached hydrogen (secondary N) is 1. The Bertz CT molecular complexity index is 443. The van der Waals surface area contributed by atoms with E-state index in [1.807, 2.05) is 6.92 Å². The number of carbonyl (C=O) groups is 2. The molecule has 1 aromatic rings. The van der Waals surface area contributed by atoms with Crippen molar-refractivity contribution in [3.8, 4) is 5.75 Å². The van der Waals surface area contributed by atoms with E-state index in [0.29, 0.717) is 24.3 Å². The fourth-order valence-corrected chi connectivity index (χ4v) is 1.63. The summed E-state index contributed by atoms with van der Waals surface area (Å²) in [6, 6.07) is 7.01. The Labute approximate surface area is 114 Å². The standard InChI is InChI=1S/C15H21NO3/c1-4-10-16-15(18)11(3)19-14-9-7-6-8-12(14)13(17)5-2/h6-9,11H,4-5,10H2,1-3H3,(H,16,18). The molecule has 0 saturated heterocycles. The minimum Gasteiger partial charge on any atom is -0.480 e. The van der Waals surface area contributed by atoms with Crippen LogP contribution in [0.2, 0.25) is 0 Å². The molecule has 4 heteroatoms. The lowest BCUT2D eigenvalue weighted by Gasteiger charge is -2.16. The van der Waals surface area contributed by atoms with Crippen molar-refractivity contribution in [2.45, 2.75) is 39.7 Å². The van der Waals surface area contributed by atoms with E-state index in [0.717, 1.165) is 6.42 Å². The van der Waals surface area contributed by atoms with Crippen LogP contribution in [0.1, 0.15) is 44.0 Å². The van der Waals surface area contributed by atoms with E-state index in [9.17, 15) is 9.59 Å². The number of amides is 1. The van der Waals surface area contributed by atoms with Gasteiger partial charge in [-0.05, 0) is 25.5 Å². The fraction of sp³-hybridized carbons (Fsp3) is 0.467. The van der Waals surface area contributed by atoms with Crippen molar-refractivity contribution in [3.05, 3.63) is 29.8 Å². The molecule has 1 unspecified atom stereocenters. The van der Waals surface area contributed by atoms with Gasteiger partial charge in [-0.3, -0.25) is 9.59 Å². The SMILES string of the molecule is CCCNC(=O)C(C)Oc1ccccc1C(=O)CC. The molecular formula is C15H21NO3. The molecule has 0 spiro atoms. The van der Waals surface area contributed by atoms with Crippen LogP contribution in [-0.2, 0) is 4.79 Å². The Kier molecular flexibility index (Phi) is 6.06. The highest BCUT2D eigenvalue weighted by Gasteiger charge is 2.17. The van der Waals surface area contributed by atoms with Crippen molar-refractivity contribution >= 4 is 11.7 Å². The van der Waals surface area contributed by atoms with Gasteiger partial charge in [0.05, 0.1) is 5.56 Å². The Balaban J connectivity index is 2.76. The third-order valence-corrected chi connectivity index (χ3v) is 2.73. The van der Waals surface area contributed by atoms with E-state index in [1.165, 1.54) is 0 Å². The molecule has 1 N–H and O–H groups in total. The lowest BCUT2D eigenvalue weighted by Crippen LogP contribution is -2.36. The van der Waals surface area contributed by atoms with Crippen molar-refractivity contribution in [1.29, 1.82) is 0 Å². The van der Waals surface area contributed by atoms with E-state index in [1.54, 1.807) is 38.1 Å². The van der Waals surface area contributed by atoms with Gasteiger partial charge in [0.1, 0.15) is 5.75 Å². The van der Waals surface area contributed by atoms with Crippen molar-refractivity contribution in [2.75, 3.05) is 6.54 Å². The average molecular weight is 263 g/mol. The van der Waals surface area contributed by atoms with Crippen molar-refractivity contribution in [1.82, 2.24) is 5.32 Å². The van der Waals surface area contributed by atoms with Crippen LogP contribution in [0, 0.1) is 0 Å². The number of hydrogen-bond acceptors (Lipinski definition) is 3. The van der Waals surface area contributed by atoms with Gasteiger partial charge in [0.2, 0.25) is 0 Å². The highest BCUT2D eigenvalue weighted by atomic mass is 16.5. The maximum absolute atomic E-state index is 11.8. The maximum atomic E-state index is 11.8. The van der Waals surface area contributed by atoms with E-state index in [4.69, 9.17) is 4.74 Å². The summed E-state index contributed by atoms with van der Waals surface area (Å²) in [5.74, 6) is 0.311. The zero-order valence-corrected chi connectivity index (χ0v) is 11.7. The monoisotopic (exact) mass is 263 g/mol. The molecule has 0 heterocycles. The minimum atomic E-state index is -0.614. The second kappa shape index (κ2) is 7.56. The van der Waals surface area contributed by atoms with Crippen molar-refractivity contribution in [2.24, 2.45) is 0 Å². The first-order valence-electron chi connectivity index (χ1n) is 6.66. The third kappa shape index (κ3) is 4.39. The molecule has 0 saturated carbocycles. The van der Waals surface area contributed by atoms with E-state index in [-0.39, 0.29) is 11.7 Å². The molecule has 1 aromatic carbocycles. The quantitative estimate of drug-likeness (QED) is 0.769. The number of para-hydroxylation sites is 1. The Hall–Kier alpha value is -1.84. The summed E-state index contributed by atoms with van der Waals surface area (Å²) in [5, 5.41) is 2.77. The largest absolute Gasteiger partial charge is 0.480 e. The smallest absolute Gasteiger partial charge is 0.260 e. The van der Waals surface area contributed by atoms with Gasteiger partial charge in [-0.25, -0.2) is 0 Å². The highest BCUT2D eigenvalue weighted by Crippen LogP contribution is 2.20. The first-order chi connectivity index (χ1) is 9.10. The number of ketones is 1. The van der Waals surface area contributed by atoms with Gasteiger partial charge in [-0.2, -0.15) is 0 Å².